The topological polar surface area (TPSA) is 199 Å². The van der Waals surface area contributed by atoms with Crippen LogP contribution < -0.4 is 0 Å². The molecule has 1 N–H and O–H groups in total. The molecular formula is C33H44N6O9. The number of carbonyl (C=O) groups is 1. The van der Waals surface area contributed by atoms with Crippen molar-refractivity contribution in [1.82, 2.24) is 0 Å². The molecule has 8 unspecified atom stereocenters. The average Bonchev–Trinajstić information content (AvgIpc) is 3.10. The van der Waals surface area contributed by atoms with E-state index in [1.54, 1.807) is 13.8 Å². The van der Waals surface area contributed by atoms with Gasteiger partial charge >= 0.3 is 5.97 Å². The number of aliphatic hydroxyl groups is 1. The number of azide groups is 2. The second kappa shape index (κ2) is 19.3. The molecule has 10 atom stereocenters. The third-order valence-corrected chi connectivity index (χ3v) is 8.31. The third-order valence-electron chi connectivity index (χ3n) is 8.31. The smallest absolute Gasteiger partial charge is 0.305 e. The summed E-state index contributed by atoms with van der Waals surface area (Å²) in [6, 6.07) is 17.1. The van der Waals surface area contributed by atoms with Gasteiger partial charge in [0.05, 0.1) is 50.7 Å². The van der Waals surface area contributed by atoms with Gasteiger partial charge in [-0.3, -0.25) is 4.79 Å². The van der Waals surface area contributed by atoms with Gasteiger partial charge < -0.3 is 38.3 Å². The maximum Gasteiger partial charge on any atom is 0.305 e. The van der Waals surface area contributed by atoms with Gasteiger partial charge in [0.25, 0.3) is 0 Å². The molecule has 15 heteroatoms. The Morgan fingerprint density at radius 1 is 0.771 bits per heavy atom. The highest BCUT2D eigenvalue weighted by Crippen LogP contribution is 2.34. The van der Waals surface area contributed by atoms with Crippen molar-refractivity contribution >= 4 is 5.97 Å². The van der Waals surface area contributed by atoms with Gasteiger partial charge in [-0.25, -0.2) is 0 Å². The molecular weight excluding hydrogens is 624 g/mol. The lowest BCUT2D eigenvalue weighted by atomic mass is 9.95. The summed E-state index contributed by atoms with van der Waals surface area (Å²) < 4.78 is 42.6. The Kier molecular flexibility index (Phi) is 14.9. The van der Waals surface area contributed by atoms with Crippen LogP contribution in [0.1, 0.15) is 50.7 Å². The second-order valence-electron chi connectivity index (χ2n) is 11.7. The Morgan fingerprint density at radius 2 is 1.33 bits per heavy atom. The van der Waals surface area contributed by atoms with Gasteiger partial charge in [0.1, 0.15) is 18.3 Å². The van der Waals surface area contributed by atoms with Crippen LogP contribution in [0.2, 0.25) is 0 Å². The monoisotopic (exact) mass is 668 g/mol. The summed E-state index contributed by atoms with van der Waals surface area (Å²) in [5.74, 6) is -0.271. The van der Waals surface area contributed by atoms with Gasteiger partial charge in [-0.2, -0.15) is 0 Å². The maximum atomic E-state index is 11.5. The lowest BCUT2D eigenvalue weighted by Gasteiger charge is -2.48. The van der Waals surface area contributed by atoms with Crippen LogP contribution in [0.5, 0.6) is 0 Å². The van der Waals surface area contributed by atoms with Gasteiger partial charge in [-0.1, -0.05) is 77.3 Å². The lowest BCUT2D eigenvalue weighted by Crippen LogP contribution is -2.63. The van der Waals surface area contributed by atoms with E-state index in [0.29, 0.717) is 25.7 Å². The van der Waals surface area contributed by atoms with Crippen LogP contribution in [-0.2, 0) is 51.2 Å². The van der Waals surface area contributed by atoms with Crippen molar-refractivity contribution in [1.29, 1.82) is 0 Å². The number of carbonyl (C=O) groups excluding carboxylic acids is 1. The first kappa shape index (κ1) is 37.1. The van der Waals surface area contributed by atoms with Crippen molar-refractivity contribution < 1.29 is 43.1 Å². The molecule has 15 nitrogen and oxygen atoms in total. The summed E-state index contributed by atoms with van der Waals surface area (Å²) in [4.78, 5) is 17.5. The van der Waals surface area contributed by atoms with E-state index in [4.69, 9.17) is 33.2 Å². The van der Waals surface area contributed by atoms with Crippen molar-refractivity contribution in [3.63, 3.8) is 0 Å². The van der Waals surface area contributed by atoms with E-state index in [9.17, 15) is 21.0 Å². The van der Waals surface area contributed by atoms with Crippen molar-refractivity contribution in [2.45, 2.75) is 114 Å². The molecule has 2 aliphatic rings. The van der Waals surface area contributed by atoms with Crippen molar-refractivity contribution in [3.05, 3.63) is 92.7 Å². The molecule has 260 valence electrons. The van der Waals surface area contributed by atoms with E-state index < -0.39 is 61.3 Å². The quantitative estimate of drug-likeness (QED) is 0.0743. The van der Waals surface area contributed by atoms with Gasteiger partial charge in [-0.15, -0.1) is 0 Å². The number of unbranched alkanes of at least 4 members (excludes halogenated alkanes) is 2. The largest absolute Gasteiger partial charge is 0.469 e. The normalized spacial score (nSPS) is 30.1. The molecule has 4 rings (SSSR count). The first-order valence-electron chi connectivity index (χ1n) is 16.1. The molecule has 0 aromatic heterocycles. The SMILES string of the molecule is COC(=O)CCCCCO[C@H]1OC(C)C(N=[N+]=[N-])C(OCc2ccccc2)C1O[C@H]1OC(C)C(N=[N+]=[N-])C(O)C1OCc1ccccc1. The number of hydrogen-bond donors (Lipinski definition) is 1. The predicted octanol–water partition coefficient (Wildman–Crippen LogP) is 5.50. The first-order valence-corrected chi connectivity index (χ1v) is 16.1. The Labute approximate surface area is 279 Å². The third kappa shape index (κ3) is 10.4. The summed E-state index contributed by atoms with van der Waals surface area (Å²) in [5, 5.41) is 19.2. The predicted molar refractivity (Wildman–Crippen MR) is 172 cm³/mol. The minimum atomic E-state index is -1.28. The highest BCUT2D eigenvalue weighted by Gasteiger charge is 2.51. The Morgan fingerprint density at radius 3 is 1.94 bits per heavy atom. The van der Waals surface area contributed by atoms with Crippen LogP contribution in [0.3, 0.4) is 0 Å². The maximum absolute atomic E-state index is 11.5. The Balaban J connectivity index is 1.60. The van der Waals surface area contributed by atoms with Gasteiger partial charge in [0, 0.05) is 22.9 Å². The Hall–Kier alpha value is -3.75. The molecule has 2 aromatic carbocycles. The summed E-state index contributed by atoms with van der Waals surface area (Å²) in [5.41, 5.74) is 20.4. The van der Waals surface area contributed by atoms with Crippen molar-refractivity contribution in [2.24, 2.45) is 10.2 Å². The summed E-state index contributed by atoms with van der Waals surface area (Å²) in [7, 11) is 1.36. The second-order valence-corrected chi connectivity index (χ2v) is 11.7. The number of esters is 1. The average molecular weight is 669 g/mol. The molecule has 2 aliphatic heterocycles. The number of benzene rings is 2. The van der Waals surface area contributed by atoms with Gasteiger partial charge in [-0.05, 0) is 48.9 Å². The van der Waals surface area contributed by atoms with E-state index in [1.165, 1.54) is 7.11 Å². The number of rotatable bonds is 17. The zero-order valence-electron chi connectivity index (χ0n) is 27.4. The highest BCUT2D eigenvalue weighted by molar-refractivity contribution is 5.68. The summed E-state index contributed by atoms with van der Waals surface area (Å²) in [6.07, 6.45) is -5.51. The van der Waals surface area contributed by atoms with Crippen molar-refractivity contribution in [3.8, 4) is 0 Å². The minimum Gasteiger partial charge on any atom is -0.469 e. The molecule has 0 spiro atoms. The molecule has 0 bridgehead atoms. The van der Waals surface area contributed by atoms with Crippen LogP contribution in [0, 0.1) is 0 Å². The number of hydrogen-bond acceptors (Lipinski definition) is 11. The van der Waals surface area contributed by atoms with E-state index in [1.807, 2.05) is 60.7 Å². The molecule has 0 aliphatic carbocycles. The van der Waals surface area contributed by atoms with Gasteiger partial charge in [0.2, 0.25) is 0 Å². The number of aliphatic hydroxyl groups excluding tert-OH is 1. The molecule has 2 fully saturated rings. The summed E-state index contributed by atoms with van der Waals surface area (Å²) in [6.45, 7) is 3.99. The Bertz CT molecular complexity index is 1360. The molecule has 48 heavy (non-hydrogen) atoms. The number of ether oxygens (including phenoxy) is 7. The highest BCUT2D eigenvalue weighted by atomic mass is 16.8. The van der Waals surface area contributed by atoms with Crippen LogP contribution >= 0.6 is 0 Å². The lowest BCUT2D eigenvalue weighted by molar-refractivity contribution is -0.352. The van der Waals surface area contributed by atoms with E-state index in [-0.39, 0.29) is 25.8 Å². The standard InChI is InChI=1S/C33H44N6O9/c1-21-26(36-38-34)28(41)30(45-20-24-15-9-5-10-16-24)33(47-21)48-31-29(44-19-23-13-7-4-8-14-23)27(37-39-35)22(2)46-32(31)43-18-12-6-11-17-25(40)42-3/h4-5,7-10,13-16,21-22,26-33,41H,6,11-12,17-20H2,1-3H3/t21?,22?,26?,27?,28?,29?,30?,31?,32-,33+/m0/s1. The van der Waals surface area contributed by atoms with Crippen LogP contribution in [0.4, 0.5) is 0 Å². The summed E-state index contributed by atoms with van der Waals surface area (Å²) >= 11 is 0. The van der Waals surface area contributed by atoms with Gasteiger partial charge in [0.15, 0.2) is 12.6 Å². The zero-order valence-corrected chi connectivity index (χ0v) is 27.4. The number of nitrogens with zero attached hydrogens (tertiary/aromatic N) is 6. The fourth-order valence-corrected chi connectivity index (χ4v) is 5.72. The van der Waals surface area contributed by atoms with Crippen LogP contribution in [0.15, 0.2) is 70.9 Å². The molecule has 2 saturated heterocycles. The molecule has 0 saturated carbocycles. The van der Waals surface area contributed by atoms with Crippen molar-refractivity contribution in [2.75, 3.05) is 13.7 Å². The fraction of sp³-hybridized carbons (Fsp3) is 0.606. The molecule has 2 heterocycles. The molecule has 2 aromatic rings. The van der Waals surface area contributed by atoms with E-state index >= 15 is 0 Å². The van der Waals surface area contributed by atoms with E-state index in [2.05, 4.69) is 20.1 Å². The number of methoxy groups -OCH3 is 1. The fourth-order valence-electron chi connectivity index (χ4n) is 5.72. The zero-order chi connectivity index (χ0) is 34.3. The molecule has 0 amide bonds. The van der Waals surface area contributed by atoms with E-state index in [0.717, 1.165) is 11.1 Å². The van der Waals surface area contributed by atoms with Crippen LogP contribution in [0.25, 0.3) is 20.9 Å². The molecule has 0 radical (unpaired) electrons. The first-order chi connectivity index (χ1) is 23.4. The van der Waals surface area contributed by atoms with Crippen LogP contribution in [-0.4, -0.2) is 86.1 Å². The minimum absolute atomic E-state index is 0.113.